The smallest absolute Gasteiger partial charge is 0.379 e. The van der Waals surface area contributed by atoms with E-state index in [0.29, 0.717) is 19.8 Å². The van der Waals surface area contributed by atoms with E-state index in [1.807, 2.05) is 0 Å². The Labute approximate surface area is 106 Å². The zero-order valence-corrected chi connectivity index (χ0v) is 11.0. The van der Waals surface area contributed by atoms with Gasteiger partial charge in [-0.15, -0.1) is 0 Å². The molecule has 1 fully saturated rings. The van der Waals surface area contributed by atoms with Gasteiger partial charge in [0, 0.05) is 24.5 Å². The molecule has 3 unspecified atom stereocenters. The maximum absolute atomic E-state index is 12.2. The standard InChI is InChI=1S/C12H23F3N2O/c1-3-4-16-11-8-18-7-10(11)6-17-9(2)5-12(13,14)15/h9-11,16-17H,3-8H2,1-2H3. The third-order valence-electron chi connectivity index (χ3n) is 3.12. The molecule has 6 heteroatoms. The maximum atomic E-state index is 12.2. The molecule has 0 aromatic rings. The molecule has 2 N–H and O–H groups in total. The summed E-state index contributed by atoms with van der Waals surface area (Å²) in [5.41, 5.74) is 0. The molecule has 1 aliphatic heterocycles. The molecule has 18 heavy (non-hydrogen) atoms. The molecule has 108 valence electrons. The largest absolute Gasteiger partial charge is 0.390 e. The van der Waals surface area contributed by atoms with Crippen LogP contribution in [0.15, 0.2) is 0 Å². The van der Waals surface area contributed by atoms with Crippen molar-refractivity contribution in [3.8, 4) is 0 Å². The fourth-order valence-corrected chi connectivity index (χ4v) is 2.13. The molecule has 0 radical (unpaired) electrons. The van der Waals surface area contributed by atoms with Gasteiger partial charge in [0.1, 0.15) is 0 Å². The van der Waals surface area contributed by atoms with Crippen LogP contribution < -0.4 is 10.6 Å². The van der Waals surface area contributed by atoms with Crippen LogP contribution in [0.1, 0.15) is 26.7 Å². The third-order valence-corrected chi connectivity index (χ3v) is 3.12. The average Bonchev–Trinajstić information content (AvgIpc) is 2.68. The third kappa shape index (κ3) is 6.02. The van der Waals surface area contributed by atoms with Crippen LogP contribution in [0.4, 0.5) is 13.2 Å². The van der Waals surface area contributed by atoms with Gasteiger partial charge >= 0.3 is 6.18 Å². The normalized spacial score (nSPS) is 26.5. The molecule has 0 aliphatic carbocycles. The van der Waals surface area contributed by atoms with Gasteiger partial charge in [0.2, 0.25) is 0 Å². The molecule has 0 spiro atoms. The van der Waals surface area contributed by atoms with E-state index in [4.69, 9.17) is 4.74 Å². The first-order valence-electron chi connectivity index (χ1n) is 6.53. The molecular formula is C12H23F3N2O. The van der Waals surface area contributed by atoms with E-state index in [0.717, 1.165) is 13.0 Å². The molecule has 0 aromatic heterocycles. The van der Waals surface area contributed by atoms with Gasteiger partial charge in [-0.1, -0.05) is 6.92 Å². The molecule has 0 bridgehead atoms. The number of halogens is 3. The molecule has 0 aromatic carbocycles. The lowest BCUT2D eigenvalue weighted by Gasteiger charge is -2.22. The summed E-state index contributed by atoms with van der Waals surface area (Å²) in [5.74, 6) is 0.257. The fraction of sp³-hybridized carbons (Fsp3) is 1.00. The Balaban J connectivity index is 2.24. The molecule has 3 nitrogen and oxygen atoms in total. The number of hydrogen-bond acceptors (Lipinski definition) is 3. The van der Waals surface area contributed by atoms with E-state index in [2.05, 4.69) is 17.6 Å². The Morgan fingerprint density at radius 1 is 1.33 bits per heavy atom. The van der Waals surface area contributed by atoms with Gasteiger partial charge in [-0.25, -0.2) is 0 Å². The number of ether oxygens (including phenoxy) is 1. The summed E-state index contributed by atoms with van der Waals surface area (Å²) in [6.07, 6.45) is -3.84. The van der Waals surface area contributed by atoms with Crippen molar-refractivity contribution >= 4 is 0 Å². The van der Waals surface area contributed by atoms with Crippen LogP contribution in [0.3, 0.4) is 0 Å². The summed E-state index contributed by atoms with van der Waals surface area (Å²) < 4.78 is 41.9. The summed E-state index contributed by atoms with van der Waals surface area (Å²) >= 11 is 0. The van der Waals surface area contributed by atoms with Gasteiger partial charge in [-0.3, -0.25) is 0 Å². The number of alkyl halides is 3. The monoisotopic (exact) mass is 268 g/mol. The van der Waals surface area contributed by atoms with Crippen molar-refractivity contribution < 1.29 is 17.9 Å². The van der Waals surface area contributed by atoms with Crippen molar-refractivity contribution in [1.29, 1.82) is 0 Å². The van der Waals surface area contributed by atoms with Crippen LogP contribution in [0.5, 0.6) is 0 Å². The maximum Gasteiger partial charge on any atom is 0.390 e. The lowest BCUT2D eigenvalue weighted by molar-refractivity contribution is -0.139. The van der Waals surface area contributed by atoms with Crippen LogP contribution in [0.2, 0.25) is 0 Å². The highest BCUT2D eigenvalue weighted by Crippen LogP contribution is 2.21. The van der Waals surface area contributed by atoms with Gasteiger partial charge in [0.25, 0.3) is 0 Å². The Kier molecular flexibility index (Phi) is 6.38. The highest BCUT2D eigenvalue weighted by Gasteiger charge is 2.31. The predicted octanol–water partition coefficient (Wildman–Crippen LogP) is 1.93. The van der Waals surface area contributed by atoms with E-state index in [9.17, 15) is 13.2 Å². The molecule has 1 rings (SSSR count). The van der Waals surface area contributed by atoms with Crippen molar-refractivity contribution in [2.75, 3.05) is 26.3 Å². The second-order valence-corrected chi connectivity index (χ2v) is 4.99. The van der Waals surface area contributed by atoms with Crippen molar-refractivity contribution in [2.24, 2.45) is 5.92 Å². The second-order valence-electron chi connectivity index (χ2n) is 4.99. The van der Waals surface area contributed by atoms with E-state index in [1.165, 1.54) is 0 Å². The minimum atomic E-state index is -4.10. The molecule has 0 saturated carbocycles. The highest BCUT2D eigenvalue weighted by molar-refractivity contribution is 4.83. The van der Waals surface area contributed by atoms with E-state index in [-0.39, 0.29) is 12.0 Å². The minimum Gasteiger partial charge on any atom is -0.379 e. The first kappa shape index (κ1) is 15.7. The summed E-state index contributed by atoms with van der Waals surface area (Å²) in [5, 5.41) is 6.31. The lowest BCUT2D eigenvalue weighted by atomic mass is 10.0. The summed E-state index contributed by atoms with van der Waals surface area (Å²) in [4.78, 5) is 0. The number of rotatable bonds is 7. The van der Waals surface area contributed by atoms with Crippen molar-refractivity contribution in [3.05, 3.63) is 0 Å². The molecule has 1 aliphatic rings. The van der Waals surface area contributed by atoms with Crippen LogP contribution in [-0.4, -0.2) is 44.6 Å². The first-order chi connectivity index (χ1) is 8.42. The van der Waals surface area contributed by atoms with E-state index in [1.54, 1.807) is 6.92 Å². The quantitative estimate of drug-likeness (QED) is 0.740. The summed E-state index contributed by atoms with van der Waals surface area (Å²) in [7, 11) is 0. The van der Waals surface area contributed by atoms with Crippen molar-refractivity contribution in [2.45, 2.75) is 44.9 Å². The molecule has 1 saturated heterocycles. The van der Waals surface area contributed by atoms with E-state index < -0.39 is 18.6 Å². The van der Waals surface area contributed by atoms with Gasteiger partial charge in [-0.2, -0.15) is 13.2 Å². The van der Waals surface area contributed by atoms with Crippen LogP contribution in [0, 0.1) is 5.92 Å². The van der Waals surface area contributed by atoms with Crippen LogP contribution in [0.25, 0.3) is 0 Å². The van der Waals surface area contributed by atoms with Gasteiger partial charge in [-0.05, 0) is 19.9 Å². The Bertz CT molecular complexity index is 236. The van der Waals surface area contributed by atoms with Gasteiger partial charge < -0.3 is 15.4 Å². The predicted molar refractivity (Wildman–Crippen MR) is 64.5 cm³/mol. The molecule has 3 atom stereocenters. The van der Waals surface area contributed by atoms with Crippen LogP contribution in [-0.2, 0) is 4.74 Å². The highest BCUT2D eigenvalue weighted by atomic mass is 19.4. The Morgan fingerprint density at radius 2 is 2.06 bits per heavy atom. The topological polar surface area (TPSA) is 33.3 Å². The number of hydrogen-bond donors (Lipinski definition) is 2. The SMILES string of the molecule is CCCNC1COCC1CNC(C)CC(F)(F)F. The fourth-order valence-electron chi connectivity index (χ4n) is 2.13. The van der Waals surface area contributed by atoms with Crippen LogP contribution >= 0.6 is 0 Å². The van der Waals surface area contributed by atoms with Crippen molar-refractivity contribution in [3.63, 3.8) is 0 Å². The summed E-state index contributed by atoms with van der Waals surface area (Å²) in [6.45, 7) is 6.41. The van der Waals surface area contributed by atoms with Gasteiger partial charge in [0.15, 0.2) is 0 Å². The van der Waals surface area contributed by atoms with E-state index >= 15 is 0 Å². The Morgan fingerprint density at radius 3 is 2.67 bits per heavy atom. The molecule has 1 heterocycles. The zero-order valence-electron chi connectivity index (χ0n) is 11.0. The summed E-state index contributed by atoms with van der Waals surface area (Å²) in [6, 6.07) is -0.284. The lowest BCUT2D eigenvalue weighted by Crippen LogP contribution is -2.43. The molecular weight excluding hydrogens is 245 g/mol. The average molecular weight is 268 g/mol. The van der Waals surface area contributed by atoms with Crippen molar-refractivity contribution in [1.82, 2.24) is 10.6 Å². The molecule has 0 amide bonds. The number of nitrogens with one attached hydrogen (secondary N) is 2. The first-order valence-corrected chi connectivity index (χ1v) is 6.53. The van der Waals surface area contributed by atoms with Gasteiger partial charge in [0.05, 0.1) is 19.6 Å². The Hall–Kier alpha value is -0.330. The minimum absolute atomic E-state index is 0.257. The zero-order chi connectivity index (χ0) is 13.6. The second kappa shape index (κ2) is 7.31.